The number of carbonyl (C=O) groups excluding carboxylic acids is 1. The second kappa shape index (κ2) is 8.09. The summed E-state index contributed by atoms with van der Waals surface area (Å²) in [5.74, 6) is 0.762. The topological polar surface area (TPSA) is 53.6 Å². The molecular weight excluding hydrogens is 289 g/mol. The number of hydrogen-bond donors (Lipinski definition) is 2. The van der Waals surface area contributed by atoms with E-state index in [2.05, 4.69) is 15.5 Å². The van der Waals surface area contributed by atoms with Crippen molar-refractivity contribution in [3.63, 3.8) is 0 Å². The number of amides is 1. The number of fused-ring (bicyclic) bond motifs is 1. The van der Waals surface area contributed by atoms with Gasteiger partial charge < -0.3 is 20.3 Å². The average molecular weight is 308 g/mol. The van der Waals surface area contributed by atoms with Crippen molar-refractivity contribution < 1.29 is 9.53 Å². The van der Waals surface area contributed by atoms with Gasteiger partial charge in [0.25, 0.3) is 0 Å². The molecule has 1 aliphatic rings. The molecule has 108 valence electrons. The second-order valence-electron chi connectivity index (χ2n) is 4.03. The molecule has 0 aliphatic carbocycles. The molecule has 0 saturated carbocycles. The Balaban J connectivity index is 0.00000162. The zero-order valence-electron chi connectivity index (χ0n) is 10.9. The SMILES string of the molecule is CNCC(=O)Nc1ccc2c(c1)OCCN2C.Cl.Cl. The van der Waals surface area contributed by atoms with Crippen LogP contribution in [0, 0.1) is 0 Å². The van der Waals surface area contributed by atoms with E-state index in [9.17, 15) is 4.79 Å². The Morgan fingerprint density at radius 1 is 1.42 bits per heavy atom. The summed E-state index contributed by atoms with van der Waals surface area (Å²) in [6.45, 7) is 1.87. The molecule has 2 rings (SSSR count). The molecule has 0 aromatic heterocycles. The fourth-order valence-corrected chi connectivity index (χ4v) is 1.80. The summed E-state index contributed by atoms with van der Waals surface area (Å²) < 4.78 is 5.57. The third-order valence-electron chi connectivity index (χ3n) is 2.68. The molecule has 0 saturated heterocycles. The lowest BCUT2D eigenvalue weighted by Crippen LogP contribution is -2.29. The molecule has 1 aliphatic heterocycles. The van der Waals surface area contributed by atoms with Crippen molar-refractivity contribution in [1.29, 1.82) is 0 Å². The minimum Gasteiger partial charge on any atom is -0.489 e. The van der Waals surface area contributed by atoms with E-state index in [1.165, 1.54) is 0 Å². The molecule has 19 heavy (non-hydrogen) atoms. The lowest BCUT2D eigenvalue weighted by atomic mass is 10.2. The number of carbonyl (C=O) groups is 1. The molecule has 7 heteroatoms. The first-order valence-electron chi connectivity index (χ1n) is 5.63. The van der Waals surface area contributed by atoms with E-state index in [4.69, 9.17) is 4.74 Å². The molecule has 0 unspecified atom stereocenters. The molecule has 0 spiro atoms. The zero-order chi connectivity index (χ0) is 12.3. The maximum Gasteiger partial charge on any atom is 0.238 e. The van der Waals surface area contributed by atoms with Crippen molar-refractivity contribution in [1.82, 2.24) is 5.32 Å². The molecule has 1 amide bonds. The number of anilines is 2. The van der Waals surface area contributed by atoms with E-state index in [1.54, 1.807) is 7.05 Å². The highest BCUT2D eigenvalue weighted by Gasteiger charge is 2.15. The minimum atomic E-state index is -0.0587. The summed E-state index contributed by atoms with van der Waals surface area (Å²) in [7, 11) is 3.77. The standard InChI is InChI=1S/C12H17N3O2.2ClH/c1-13-8-12(16)14-9-3-4-10-11(7-9)17-6-5-15(10)2;;/h3-4,7,13H,5-6,8H2,1-2H3,(H,14,16);2*1H. The molecule has 0 radical (unpaired) electrons. The molecule has 5 nitrogen and oxygen atoms in total. The average Bonchev–Trinajstić information content (AvgIpc) is 2.29. The molecule has 1 aromatic carbocycles. The van der Waals surface area contributed by atoms with Crippen LogP contribution in [0.15, 0.2) is 18.2 Å². The van der Waals surface area contributed by atoms with Crippen LogP contribution >= 0.6 is 24.8 Å². The van der Waals surface area contributed by atoms with Crippen molar-refractivity contribution >= 4 is 42.1 Å². The number of hydrogen-bond acceptors (Lipinski definition) is 4. The largest absolute Gasteiger partial charge is 0.489 e. The smallest absolute Gasteiger partial charge is 0.238 e. The Labute approximate surface area is 125 Å². The summed E-state index contributed by atoms with van der Waals surface area (Å²) in [5.41, 5.74) is 1.82. The Bertz CT molecular complexity index is 429. The van der Waals surface area contributed by atoms with Gasteiger partial charge in [-0.2, -0.15) is 0 Å². The van der Waals surface area contributed by atoms with Crippen molar-refractivity contribution in [3.8, 4) is 5.75 Å². The fraction of sp³-hybridized carbons (Fsp3) is 0.417. The Morgan fingerprint density at radius 3 is 2.84 bits per heavy atom. The van der Waals surface area contributed by atoms with Crippen LogP contribution in [0.5, 0.6) is 5.75 Å². The summed E-state index contributed by atoms with van der Waals surface area (Å²) in [4.78, 5) is 13.6. The van der Waals surface area contributed by atoms with E-state index in [-0.39, 0.29) is 30.7 Å². The van der Waals surface area contributed by atoms with Crippen molar-refractivity contribution in [2.75, 3.05) is 44.0 Å². The Kier molecular flexibility index (Phi) is 7.59. The maximum atomic E-state index is 11.4. The monoisotopic (exact) mass is 307 g/mol. The molecule has 2 N–H and O–H groups in total. The molecule has 1 aromatic rings. The molecule has 0 atom stereocenters. The van der Waals surface area contributed by atoms with Crippen LogP contribution in [0.2, 0.25) is 0 Å². The predicted molar refractivity (Wildman–Crippen MR) is 82.3 cm³/mol. The molecule has 1 heterocycles. The lowest BCUT2D eigenvalue weighted by molar-refractivity contribution is -0.115. The van der Waals surface area contributed by atoms with Gasteiger partial charge in [-0.25, -0.2) is 0 Å². The number of likely N-dealkylation sites (N-methyl/N-ethyl adjacent to an activating group) is 2. The van der Waals surface area contributed by atoms with Gasteiger partial charge in [0.15, 0.2) is 0 Å². The number of nitrogens with zero attached hydrogens (tertiary/aromatic N) is 1. The van der Waals surface area contributed by atoms with Gasteiger partial charge in [0.2, 0.25) is 5.91 Å². The van der Waals surface area contributed by atoms with Gasteiger partial charge in [0, 0.05) is 18.8 Å². The summed E-state index contributed by atoms with van der Waals surface area (Å²) in [6.07, 6.45) is 0. The number of benzene rings is 1. The van der Waals surface area contributed by atoms with Crippen LogP contribution < -0.4 is 20.3 Å². The Hall–Kier alpha value is -1.17. The molecular formula is C12H19Cl2N3O2. The third-order valence-corrected chi connectivity index (χ3v) is 2.68. The van der Waals surface area contributed by atoms with Crippen molar-refractivity contribution in [3.05, 3.63) is 18.2 Å². The normalized spacial score (nSPS) is 12.4. The van der Waals surface area contributed by atoms with Gasteiger partial charge in [-0.15, -0.1) is 24.8 Å². The summed E-state index contributed by atoms with van der Waals surface area (Å²) >= 11 is 0. The number of ether oxygens (including phenoxy) is 1. The van der Waals surface area contributed by atoms with Crippen LogP contribution in [-0.4, -0.2) is 39.7 Å². The van der Waals surface area contributed by atoms with Crippen LogP contribution in [-0.2, 0) is 4.79 Å². The van der Waals surface area contributed by atoms with E-state index >= 15 is 0 Å². The van der Waals surface area contributed by atoms with E-state index < -0.39 is 0 Å². The minimum absolute atomic E-state index is 0. The van der Waals surface area contributed by atoms with Crippen LogP contribution in [0.1, 0.15) is 0 Å². The second-order valence-corrected chi connectivity index (χ2v) is 4.03. The summed E-state index contributed by atoms with van der Waals surface area (Å²) in [5, 5.41) is 5.61. The number of rotatable bonds is 3. The lowest BCUT2D eigenvalue weighted by Gasteiger charge is -2.27. The third kappa shape index (κ3) is 4.45. The van der Waals surface area contributed by atoms with Gasteiger partial charge in [0.05, 0.1) is 18.8 Å². The first kappa shape index (κ1) is 17.8. The first-order valence-corrected chi connectivity index (χ1v) is 5.63. The highest BCUT2D eigenvalue weighted by Crippen LogP contribution is 2.32. The van der Waals surface area contributed by atoms with E-state index in [0.29, 0.717) is 13.2 Å². The quantitative estimate of drug-likeness (QED) is 0.889. The zero-order valence-corrected chi connectivity index (χ0v) is 12.6. The fourth-order valence-electron chi connectivity index (χ4n) is 1.80. The van der Waals surface area contributed by atoms with E-state index in [0.717, 1.165) is 23.7 Å². The van der Waals surface area contributed by atoms with E-state index in [1.807, 2.05) is 25.2 Å². The number of nitrogens with one attached hydrogen (secondary N) is 2. The van der Waals surface area contributed by atoms with Crippen LogP contribution in [0.3, 0.4) is 0 Å². The number of halogens is 2. The predicted octanol–water partition coefficient (Wildman–Crippen LogP) is 1.52. The summed E-state index contributed by atoms with van der Waals surface area (Å²) in [6, 6.07) is 5.71. The van der Waals surface area contributed by atoms with Gasteiger partial charge in [0.1, 0.15) is 12.4 Å². The van der Waals surface area contributed by atoms with Crippen LogP contribution in [0.25, 0.3) is 0 Å². The highest BCUT2D eigenvalue weighted by atomic mass is 35.5. The van der Waals surface area contributed by atoms with Crippen LogP contribution in [0.4, 0.5) is 11.4 Å². The van der Waals surface area contributed by atoms with Gasteiger partial charge >= 0.3 is 0 Å². The van der Waals surface area contributed by atoms with Crippen molar-refractivity contribution in [2.45, 2.75) is 0 Å². The van der Waals surface area contributed by atoms with Gasteiger partial charge in [-0.05, 0) is 19.2 Å². The first-order chi connectivity index (χ1) is 8.20. The molecule has 0 fully saturated rings. The van der Waals surface area contributed by atoms with Gasteiger partial charge in [-0.1, -0.05) is 0 Å². The Morgan fingerprint density at radius 2 is 2.16 bits per heavy atom. The van der Waals surface area contributed by atoms with Crippen molar-refractivity contribution in [2.24, 2.45) is 0 Å². The van der Waals surface area contributed by atoms with Gasteiger partial charge in [-0.3, -0.25) is 4.79 Å². The molecule has 0 bridgehead atoms. The highest BCUT2D eigenvalue weighted by molar-refractivity contribution is 5.92. The maximum absolute atomic E-state index is 11.4.